The van der Waals surface area contributed by atoms with E-state index >= 15 is 0 Å². The minimum absolute atomic E-state index is 0.0216. The molecular formula is C18H24N6O9S3. The molecule has 0 amide bonds. The fourth-order valence-corrected chi connectivity index (χ4v) is 4.26. The Morgan fingerprint density at radius 2 is 0.944 bits per heavy atom. The van der Waals surface area contributed by atoms with Crippen LogP contribution in [0.4, 0.5) is 34.1 Å². The van der Waals surface area contributed by atoms with Crippen molar-refractivity contribution in [2.24, 2.45) is 0 Å². The molecule has 0 aliphatic carbocycles. The van der Waals surface area contributed by atoms with Gasteiger partial charge >= 0.3 is 0 Å². The van der Waals surface area contributed by atoms with Gasteiger partial charge in [0.1, 0.15) is 14.7 Å². The summed E-state index contributed by atoms with van der Waals surface area (Å²) in [6, 6.07) is 11.7. The third kappa shape index (κ3) is 8.76. The van der Waals surface area contributed by atoms with Gasteiger partial charge in [-0.15, -0.1) is 0 Å². The fourth-order valence-electron chi connectivity index (χ4n) is 2.36. The lowest BCUT2D eigenvalue weighted by Crippen LogP contribution is -2.05. The van der Waals surface area contributed by atoms with Crippen LogP contribution in [0.5, 0.6) is 0 Å². The molecule has 0 aromatic heterocycles. The van der Waals surface area contributed by atoms with Gasteiger partial charge in [0.25, 0.3) is 30.4 Å². The summed E-state index contributed by atoms with van der Waals surface area (Å²) in [7, 11) is -12.8. The van der Waals surface area contributed by atoms with E-state index in [4.69, 9.17) is 48.1 Å². The SMILES string of the molecule is Nc1ccc(N)c(S(=O)(=O)O)c1.Nc1ccc(S(=O)(=O)O)c(N)c1.Nc1cccc(S(=O)(=O)O)c1N. The molecule has 15 nitrogen and oxygen atoms in total. The number of nitrogens with two attached hydrogens (primary N) is 6. The van der Waals surface area contributed by atoms with Gasteiger partial charge < -0.3 is 34.4 Å². The van der Waals surface area contributed by atoms with Crippen molar-refractivity contribution in [2.45, 2.75) is 14.7 Å². The molecule has 3 aromatic carbocycles. The molecule has 198 valence electrons. The van der Waals surface area contributed by atoms with Crippen LogP contribution >= 0.6 is 0 Å². The minimum Gasteiger partial charge on any atom is -0.399 e. The van der Waals surface area contributed by atoms with Gasteiger partial charge in [0.05, 0.1) is 22.7 Å². The summed E-state index contributed by atoms with van der Waals surface area (Å²) in [5.74, 6) is 0. The molecule has 0 aliphatic heterocycles. The first-order valence-electron chi connectivity index (χ1n) is 9.11. The van der Waals surface area contributed by atoms with Crippen molar-refractivity contribution in [3.8, 4) is 0 Å². The highest BCUT2D eigenvalue weighted by Gasteiger charge is 2.15. The number of hydrogen-bond donors (Lipinski definition) is 9. The summed E-state index contributed by atoms with van der Waals surface area (Å²) in [4.78, 5) is -1.04. The molecule has 0 fully saturated rings. The smallest absolute Gasteiger partial charge is 0.296 e. The molecule has 0 atom stereocenters. The monoisotopic (exact) mass is 564 g/mol. The topological polar surface area (TPSA) is 319 Å². The van der Waals surface area contributed by atoms with Crippen LogP contribution in [-0.4, -0.2) is 38.9 Å². The molecule has 0 saturated heterocycles. The molecule has 0 unspecified atom stereocenters. The van der Waals surface area contributed by atoms with Crippen molar-refractivity contribution in [2.75, 3.05) is 34.4 Å². The molecule has 36 heavy (non-hydrogen) atoms. The predicted octanol–water partition coefficient (Wildman–Crippen LogP) is 0.293. The summed E-state index contributed by atoms with van der Waals surface area (Å²) < 4.78 is 89.6. The maximum Gasteiger partial charge on any atom is 0.296 e. The van der Waals surface area contributed by atoms with Crippen molar-refractivity contribution in [3.63, 3.8) is 0 Å². The second-order valence-electron chi connectivity index (χ2n) is 6.78. The van der Waals surface area contributed by atoms with E-state index in [1.807, 2.05) is 0 Å². The highest BCUT2D eigenvalue weighted by molar-refractivity contribution is 7.86. The second kappa shape index (κ2) is 11.3. The molecule has 0 heterocycles. The number of nitrogen functional groups attached to an aromatic ring is 6. The molecular weight excluding hydrogens is 540 g/mol. The summed E-state index contributed by atoms with van der Waals surface area (Å²) in [5.41, 5.74) is 32.3. The Morgan fingerprint density at radius 1 is 0.472 bits per heavy atom. The van der Waals surface area contributed by atoms with E-state index in [0.717, 1.165) is 12.1 Å². The molecule has 0 spiro atoms. The van der Waals surface area contributed by atoms with E-state index in [-0.39, 0.29) is 43.1 Å². The van der Waals surface area contributed by atoms with Crippen molar-refractivity contribution >= 4 is 64.5 Å². The lowest BCUT2D eigenvalue weighted by atomic mass is 10.3. The van der Waals surface area contributed by atoms with Gasteiger partial charge in [0, 0.05) is 11.4 Å². The van der Waals surface area contributed by atoms with Crippen LogP contribution in [-0.2, 0) is 30.4 Å². The Morgan fingerprint density at radius 3 is 1.36 bits per heavy atom. The van der Waals surface area contributed by atoms with Gasteiger partial charge in [0.15, 0.2) is 0 Å². The maximum atomic E-state index is 10.6. The maximum absolute atomic E-state index is 10.6. The molecule has 15 N–H and O–H groups in total. The van der Waals surface area contributed by atoms with Gasteiger partial charge in [-0.25, -0.2) is 0 Å². The third-order valence-electron chi connectivity index (χ3n) is 4.01. The zero-order valence-corrected chi connectivity index (χ0v) is 20.6. The highest BCUT2D eigenvalue weighted by Crippen LogP contribution is 2.23. The molecule has 3 aromatic rings. The van der Waals surface area contributed by atoms with Crippen LogP contribution in [0.15, 0.2) is 69.3 Å². The number of benzene rings is 3. The average Bonchev–Trinajstić information content (AvgIpc) is 2.70. The summed E-state index contributed by atoms with van der Waals surface area (Å²) in [5, 5.41) is 0. The molecule has 0 bridgehead atoms. The second-order valence-corrected chi connectivity index (χ2v) is 10.9. The molecule has 0 aliphatic rings. The van der Waals surface area contributed by atoms with Crippen molar-refractivity contribution < 1.29 is 38.9 Å². The Balaban J connectivity index is 0.000000270. The Hall–Kier alpha value is -3.81. The lowest BCUT2D eigenvalue weighted by Gasteiger charge is -2.03. The van der Waals surface area contributed by atoms with E-state index in [2.05, 4.69) is 0 Å². The Labute approximate surface area is 206 Å². The molecule has 0 radical (unpaired) electrons. The molecule has 0 saturated carbocycles. The lowest BCUT2D eigenvalue weighted by molar-refractivity contribution is 0.481. The van der Waals surface area contributed by atoms with Crippen molar-refractivity contribution in [3.05, 3.63) is 54.6 Å². The van der Waals surface area contributed by atoms with E-state index in [1.54, 1.807) is 0 Å². The van der Waals surface area contributed by atoms with E-state index in [1.165, 1.54) is 42.5 Å². The third-order valence-corrected chi connectivity index (χ3v) is 6.75. The van der Waals surface area contributed by atoms with Crippen LogP contribution in [0.25, 0.3) is 0 Å². The van der Waals surface area contributed by atoms with Crippen LogP contribution < -0.4 is 34.4 Å². The first-order valence-corrected chi connectivity index (χ1v) is 13.4. The Bertz CT molecular complexity index is 1550. The van der Waals surface area contributed by atoms with Crippen LogP contribution in [0.2, 0.25) is 0 Å². The van der Waals surface area contributed by atoms with Gasteiger partial charge in [-0.1, -0.05) is 6.07 Å². The number of anilines is 6. The van der Waals surface area contributed by atoms with Crippen molar-refractivity contribution in [1.82, 2.24) is 0 Å². The average molecular weight is 565 g/mol. The van der Waals surface area contributed by atoms with Gasteiger partial charge in [-0.2, -0.15) is 25.3 Å². The summed E-state index contributed by atoms with van der Waals surface area (Å²) in [6.07, 6.45) is 0. The minimum atomic E-state index is -4.26. The summed E-state index contributed by atoms with van der Waals surface area (Å²) in [6.45, 7) is 0. The first-order chi connectivity index (χ1) is 16.2. The summed E-state index contributed by atoms with van der Waals surface area (Å²) >= 11 is 0. The largest absolute Gasteiger partial charge is 0.399 e. The van der Waals surface area contributed by atoms with E-state index in [0.29, 0.717) is 5.69 Å². The molecule has 18 heteroatoms. The number of para-hydroxylation sites is 1. The van der Waals surface area contributed by atoms with E-state index in [9.17, 15) is 25.3 Å². The quantitative estimate of drug-likeness (QED) is 0.152. The van der Waals surface area contributed by atoms with Gasteiger partial charge in [-0.05, 0) is 48.5 Å². The normalized spacial score (nSPS) is 11.4. The van der Waals surface area contributed by atoms with E-state index < -0.39 is 30.4 Å². The number of hydrogen-bond acceptors (Lipinski definition) is 12. The predicted molar refractivity (Wildman–Crippen MR) is 135 cm³/mol. The van der Waals surface area contributed by atoms with Gasteiger partial charge in [0.2, 0.25) is 0 Å². The fraction of sp³-hybridized carbons (Fsp3) is 0. The van der Waals surface area contributed by atoms with Crippen molar-refractivity contribution in [1.29, 1.82) is 0 Å². The van der Waals surface area contributed by atoms with Crippen LogP contribution in [0.1, 0.15) is 0 Å². The highest BCUT2D eigenvalue weighted by atomic mass is 32.2. The number of rotatable bonds is 3. The molecule has 3 rings (SSSR count). The van der Waals surface area contributed by atoms with Gasteiger partial charge in [-0.3, -0.25) is 13.7 Å². The standard InChI is InChI=1S/3C6H8N2O3S/c7-4-1-2-6(5(8)3-4)12(9,10)11;7-4-1-2-5(8)6(3-4)12(9,10)11;7-4-2-1-3-5(6(4)8)12(9,10)11/h3*1-3H,7-8H2,(H,9,10,11). The van der Waals surface area contributed by atoms with Crippen LogP contribution in [0.3, 0.4) is 0 Å². The zero-order valence-electron chi connectivity index (χ0n) is 18.2. The first kappa shape index (κ1) is 30.2. The Kier molecular flexibility index (Phi) is 9.47. The van der Waals surface area contributed by atoms with Crippen LogP contribution in [0, 0.1) is 0 Å². The zero-order chi connectivity index (χ0) is 28.1.